The number of carbonyl (C=O) groups is 2. The lowest BCUT2D eigenvalue weighted by molar-refractivity contribution is -0.136. The molecule has 2 N–H and O–H groups in total. The van der Waals surface area contributed by atoms with Crippen molar-refractivity contribution >= 4 is 29.1 Å². The van der Waals surface area contributed by atoms with Crippen LogP contribution in [0.5, 0.6) is 0 Å². The highest BCUT2D eigenvalue weighted by Gasteiger charge is 2.14. The van der Waals surface area contributed by atoms with Crippen LogP contribution in [-0.4, -0.2) is 11.8 Å². The molecule has 2 aromatic carbocycles. The fourth-order valence-electron chi connectivity index (χ4n) is 2.03. The van der Waals surface area contributed by atoms with Gasteiger partial charge in [-0.05, 0) is 43.2 Å². The average molecular weight is 317 g/mol. The van der Waals surface area contributed by atoms with Crippen molar-refractivity contribution < 1.29 is 9.59 Å². The van der Waals surface area contributed by atoms with Gasteiger partial charge in [0.15, 0.2) is 0 Å². The molecule has 0 aliphatic rings. The number of rotatable bonds is 3. The van der Waals surface area contributed by atoms with Crippen LogP contribution in [0.1, 0.15) is 16.7 Å². The first-order chi connectivity index (χ1) is 10.5. The van der Waals surface area contributed by atoms with Crippen LogP contribution in [0.15, 0.2) is 42.5 Å². The Hall–Kier alpha value is -2.33. The number of anilines is 1. The minimum absolute atomic E-state index is 0.313. The first-order valence-corrected chi connectivity index (χ1v) is 7.24. The third-order valence-corrected chi connectivity index (χ3v) is 3.41. The largest absolute Gasteiger partial charge is 0.344 e. The first kappa shape index (κ1) is 16.0. The molecule has 0 heterocycles. The lowest BCUT2D eigenvalue weighted by Gasteiger charge is -2.09. The summed E-state index contributed by atoms with van der Waals surface area (Å²) in [6, 6.07) is 12.8. The van der Waals surface area contributed by atoms with E-state index >= 15 is 0 Å². The summed E-state index contributed by atoms with van der Waals surface area (Å²) in [7, 11) is 0. The number of hydrogen-bond acceptors (Lipinski definition) is 2. The number of nitrogens with one attached hydrogen (secondary N) is 2. The Kier molecular flexibility index (Phi) is 5.17. The SMILES string of the molecule is Cc1cccc(CNC(=O)C(=O)Nc2ccc(Cl)cc2C)c1. The van der Waals surface area contributed by atoms with Crippen molar-refractivity contribution in [3.63, 3.8) is 0 Å². The van der Waals surface area contributed by atoms with E-state index in [1.54, 1.807) is 18.2 Å². The summed E-state index contributed by atoms with van der Waals surface area (Å²) in [5.74, 6) is -1.37. The van der Waals surface area contributed by atoms with Crippen LogP contribution in [-0.2, 0) is 16.1 Å². The van der Waals surface area contributed by atoms with E-state index in [-0.39, 0.29) is 0 Å². The van der Waals surface area contributed by atoms with Crippen LogP contribution < -0.4 is 10.6 Å². The summed E-state index contributed by atoms with van der Waals surface area (Å²) in [5, 5.41) is 5.76. The normalized spacial score (nSPS) is 10.1. The van der Waals surface area contributed by atoms with Gasteiger partial charge in [-0.15, -0.1) is 0 Å². The van der Waals surface area contributed by atoms with Gasteiger partial charge in [0.1, 0.15) is 0 Å². The van der Waals surface area contributed by atoms with E-state index in [4.69, 9.17) is 11.6 Å². The maximum Gasteiger partial charge on any atom is 0.313 e. The van der Waals surface area contributed by atoms with Crippen LogP contribution in [0, 0.1) is 13.8 Å². The second-order valence-corrected chi connectivity index (χ2v) is 5.52. The third kappa shape index (κ3) is 4.33. The van der Waals surface area contributed by atoms with E-state index < -0.39 is 11.8 Å². The van der Waals surface area contributed by atoms with E-state index in [1.165, 1.54) is 0 Å². The van der Waals surface area contributed by atoms with Crippen molar-refractivity contribution in [2.24, 2.45) is 0 Å². The van der Waals surface area contributed by atoms with Gasteiger partial charge in [-0.25, -0.2) is 0 Å². The van der Waals surface area contributed by atoms with E-state index in [9.17, 15) is 9.59 Å². The molecule has 4 nitrogen and oxygen atoms in total. The average Bonchev–Trinajstić information content (AvgIpc) is 2.47. The molecule has 2 rings (SSSR count). The summed E-state index contributed by atoms with van der Waals surface area (Å²) in [6.07, 6.45) is 0. The summed E-state index contributed by atoms with van der Waals surface area (Å²) in [4.78, 5) is 23.7. The van der Waals surface area contributed by atoms with Gasteiger partial charge in [-0.1, -0.05) is 41.4 Å². The monoisotopic (exact) mass is 316 g/mol. The summed E-state index contributed by atoms with van der Waals surface area (Å²) < 4.78 is 0. The summed E-state index contributed by atoms with van der Waals surface area (Å²) in [5.41, 5.74) is 3.42. The molecular weight excluding hydrogens is 300 g/mol. The maximum atomic E-state index is 11.9. The molecule has 2 aromatic rings. The van der Waals surface area contributed by atoms with Crippen molar-refractivity contribution in [3.05, 3.63) is 64.2 Å². The number of hydrogen-bond donors (Lipinski definition) is 2. The second-order valence-electron chi connectivity index (χ2n) is 5.09. The third-order valence-electron chi connectivity index (χ3n) is 3.18. The predicted octanol–water partition coefficient (Wildman–Crippen LogP) is 3.21. The fourth-order valence-corrected chi connectivity index (χ4v) is 2.26. The maximum absolute atomic E-state index is 11.9. The standard InChI is InChI=1S/C17H17ClN2O2/c1-11-4-3-5-13(8-11)10-19-16(21)17(22)20-15-7-6-14(18)9-12(15)2/h3-9H,10H2,1-2H3,(H,19,21)(H,20,22). The van der Waals surface area contributed by atoms with Crippen LogP contribution >= 0.6 is 11.6 Å². The molecule has 22 heavy (non-hydrogen) atoms. The highest BCUT2D eigenvalue weighted by Crippen LogP contribution is 2.19. The molecule has 0 unspecified atom stereocenters. The Bertz CT molecular complexity index is 714. The van der Waals surface area contributed by atoms with Crippen molar-refractivity contribution in [1.29, 1.82) is 0 Å². The van der Waals surface area contributed by atoms with Crippen LogP contribution in [0.3, 0.4) is 0 Å². The number of aryl methyl sites for hydroxylation is 2. The quantitative estimate of drug-likeness (QED) is 0.854. The van der Waals surface area contributed by atoms with Crippen LogP contribution in [0.2, 0.25) is 5.02 Å². The lowest BCUT2D eigenvalue weighted by Crippen LogP contribution is -2.35. The molecule has 0 aromatic heterocycles. The highest BCUT2D eigenvalue weighted by atomic mass is 35.5. The topological polar surface area (TPSA) is 58.2 Å². The van der Waals surface area contributed by atoms with E-state index in [0.717, 1.165) is 16.7 Å². The molecule has 0 radical (unpaired) electrons. The van der Waals surface area contributed by atoms with Crippen molar-refractivity contribution in [2.75, 3.05) is 5.32 Å². The van der Waals surface area contributed by atoms with Crippen molar-refractivity contribution in [1.82, 2.24) is 5.32 Å². The Morgan fingerprint density at radius 2 is 1.82 bits per heavy atom. The Labute approximate surface area is 134 Å². The summed E-state index contributed by atoms with van der Waals surface area (Å²) >= 11 is 5.85. The minimum Gasteiger partial charge on any atom is -0.344 e. The molecule has 0 saturated carbocycles. The van der Waals surface area contributed by atoms with Gasteiger partial charge in [-0.2, -0.15) is 0 Å². The molecule has 0 spiro atoms. The second kappa shape index (κ2) is 7.09. The van der Waals surface area contributed by atoms with Gasteiger partial charge in [0.2, 0.25) is 0 Å². The van der Waals surface area contributed by atoms with Crippen LogP contribution in [0.4, 0.5) is 5.69 Å². The Balaban J connectivity index is 1.93. The lowest BCUT2D eigenvalue weighted by atomic mass is 10.1. The number of benzene rings is 2. The zero-order chi connectivity index (χ0) is 16.1. The molecule has 2 amide bonds. The molecular formula is C17H17ClN2O2. The van der Waals surface area contributed by atoms with Gasteiger partial charge in [-0.3, -0.25) is 9.59 Å². The van der Waals surface area contributed by atoms with E-state index in [1.807, 2.05) is 38.1 Å². The molecule has 5 heteroatoms. The zero-order valence-electron chi connectivity index (χ0n) is 12.4. The highest BCUT2D eigenvalue weighted by molar-refractivity contribution is 6.39. The molecule has 114 valence electrons. The van der Waals surface area contributed by atoms with Crippen molar-refractivity contribution in [2.45, 2.75) is 20.4 Å². The van der Waals surface area contributed by atoms with Gasteiger partial charge in [0.05, 0.1) is 0 Å². The van der Waals surface area contributed by atoms with Gasteiger partial charge < -0.3 is 10.6 Å². The minimum atomic E-state index is -0.696. The van der Waals surface area contributed by atoms with Crippen LogP contribution in [0.25, 0.3) is 0 Å². The molecule has 0 saturated heterocycles. The first-order valence-electron chi connectivity index (χ1n) is 6.86. The number of carbonyl (C=O) groups excluding carboxylic acids is 2. The predicted molar refractivity (Wildman–Crippen MR) is 87.8 cm³/mol. The Morgan fingerprint density at radius 1 is 1.05 bits per heavy atom. The van der Waals surface area contributed by atoms with Crippen molar-refractivity contribution in [3.8, 4) is 0 Å². The zero-order valence-corrected chi connectivity index (χ0v) is 13.2. The number of halogens is 1. The van der Waals surface area contributed by atoms with E-state index in [0.29, 0.717) is 17.3 Å². The molecule has 0 atom stereocenters. The number of amides is 2. The van der Waals surface area contributed by atoms with Gasteiger partial charge in [0, 0.05) is 17.3 Å². The molecule has 0 aliphatic heterocycles. The van der Waals surface area contributed by atoms with E-state index in [2.05, 4.69) is 10.6 Å². The Morgan fingerprint density at radius 3 is 2.50 bits per heavy atom. The summed E-state index contributed by atoms with van der Waals surface area (Å²) in [6.45, 7) is 4.10. The smallest absolute Gasteiger partial charge is 0.313 e. The molecule has 0 aliphatic carbocycles. The van der Waals surface area contributed by atoms with Gasteiger partial charge in [0.25, 0.3) is 0 Å². The molecule has 0 bridgehead atoms. The molecule has 0 fully saturated rings. The fraction of sp³-hybridized carbons (Fsp3) is 0.176. The van der Waals surface area contributed by atoms with Gasteiger partial charge >= 0.3 is 11.8 Å².